The van der Waals surface area contributed by atoms with Crippen molar-refractivity contribution in [2.24, 2.45) is 0 Å². The first-order valence-electron chi connectivity index (χ1n) is 5.04. The van der Waals surface area contributed by atoms with Gasteiger partial charge in [0.25, 0.3) is 0 Å². The van der Waals surface area contributed by atoms with E-state index in [4.69, 9.17) is 5.11 Å². The van der Waals surface area contributed by atoms with E-state index in [1.54, 1.807) is 0 Å². The van der Waals surface area contributed by atoms with Gasteiger partial charge in [0.2, 0.25) is 0 Å². The fraction of sp³-hybridized carbons (Fsp3) is 0.778. The average Bonchev–Trinajstić information content (AvgIpc) is 2.60. The lowest BCUT2D eigenvalue weighted by Crippen LogP contribution is -2.17. The summed E-state index contributed by atoms with van der Waals surface area (Å²) in [5.41, 5.74) is 0. The quantitative estimate of drug-likeness (QED) is 0.717. The maximum Gasteiger partial charge on any atom is 0.161 e. The van der Waals surface area contributed by atoms with Crippen LogP contribution in [0.15, 0.2) is 0 Å². The SMILES string of the molecule is OCCCc1nnc2n1CCCC2O. The van der Waals surface area contributed by atoms with Gasteiger partial charge in [0, 0.05) is 19.6 Å². The molecule has 2 N–H and O–H groups in total. The Morgan fingerprint density at radius 3 is 3.07 bits per heavy atom. The van der Waals surface area contributed by atoms with Crippen LogP contribution in [0.3, 0.4) is 0 Å². The number of hydrogen-bond donors (Lipinski definition) is 2. The van der Waals surface area contributed by atoms with Gasteiger partial charge < -0.3 is 14.8 Å². The molecule has 0 aromatic carbocycles. The summed E-state index contributed by atoms with van der Waals surface area (Å²) >= 11 is 0. The molecule has 0 radical (unpaired) electrons. The lowest BCUT2D eigenvalue weighted by molar-refractivity contribution is 0.132. The Morgan fingerprint density at radius 1 is 1.43 bits per heavy atom. The summed E-state index contributed by atoms with van der Waals surface area (Å²) in [5.74, 6) is 1.57. The van der Waals surface area contributed by atoms with Gasteiger partial charge in [-0.25, -0.2) is 0 Å². The molecular weight excluding hydrogens is 182 g/mol. The Kier molecular flexibility index (Phi) is 2.79. The number of hydrogen-bond acceptors (Lipinski definition) is 4. The van der Waals surface area contributed by atoms with Crippen LogP contribution in [0.2, 0.25) is 0 Å². The topological polar surface area (TPSA) is 71.2 Å². The number of aryl methyl sites for hydroxylation is 1. The summed E-state index contributed by atoms with van der Waals surface area (Å²) in [6.07, 6.45) is 2.72. The Morgan fingerprint density at radius 2 is 2.29 bits per heavy atom. The standard InChI is InChI=1S/C9H15N3O2/c13-6-2-4-8-10-11-9-7(14)3-1-5-12(8)9/h7,13-14H,1-6H2. The molecule has 1 aromatic heterocycles. The predicted octanol–water partition coefficient (Wildman–Crippen LogP) is 0.0302. The van der Waals surface area contributed by atoms with Crippen molar-refractivity contribution in [3.05, 3.63) is 11.6 Å². The van der Waals surface area contributed by atoms with E-state index in [2.05, 4.69) is 10.2 Å². The summed E-state index contributed by atoms with van der Waals surface area (Å²) in [6.45, 7) is 1.06. The molecule has 1 aromatic rings. The van der Waals surface area contributed by atoms with Gasteiger partial charge in [-0.1, -0.05) is 0 Å². The summed E-state index contributed by atoms with van der Waals surface area (Å²) in [6, 6.07) is 0. The number of nitrogens with zero attached hydrogens (tertiary/aromatic N) is 3. The highest BCUT2D eigenvalue weighted by Gasteiger charge is 2.22. The first-order chi connectivity index (χ1) is 6.83. The zero-order valence-electron chi connectivity index (χ0n) is 8.06. The van der Waals surface area contributed by atoms with Crippen LogP contribution in [-0.2, 0) is 13.0 Å². The molecule has 0 saturated heterocycles. The minimum Gasteiger partial charge on any atom is -0.396 e. The van der Waals surface area contributed by atoms with Crippen molar-refractivity contribution >= 4 is 0 Å². The van der Waals surface area contributed by atoms with Crippen LogP contribution in [0.1, 0.15) is 37.0 Å². The zero-order chi connectivity index (χ0) is 9.97. The molecule has 0 saturated carbocycles. The number of fused-ring (bicyclic) bond motifs is 1. The van der Waals surface area contributed by atoms with Crippen molar-refractivity contribution in [3.8, 4) is 0 Å². The van der Waals surface area contributed by atoms with Crippen molar-refractivity contribution < 1.29 is 10.2 Å². The zero-order valence-corrected chi connectivity index (χ0v) is 8.06. The van der Waals surface area contributed by atoms with Gasteiger partial charge in [0.05, 0.1) is 0 Å². The molecule has 0 bridgehead atoms. The first-order valence-corrected chi connectivity index (χ1v) is 5.04. The van der Waals surface area contributed by atoms with Crippen molar-refractivity contribution in [2.45, 2.75) is 38.3 Å². The minimum atomic E-state index is -0.459. The maximum absolute atomic E-state index is 9.63. The second-order valence-electron chi connectivity index (χ2n) is 3.61. The van der Waals surface area contributed by atoms with Gasteiger partial charge in [-0.2, -0.15) is 0 Å². The van der Waals surface area contributed by atoms with Crippen molar-refractivity contribution in [3.63, 3.8) is 0 Å². The molecule has 5 nitrogen and oxygen atoms in total. The number of aliphatic hydroxyl groups excluding tert-OH is 2. The monoisotopic (exact) mass is 197 g/mol. The molecule has 1 aliphatic rings. The molecule has 1 atom stereocenters. The first kappa shape index (κ1) is 9.61. The molecule has 78 valence electrons. The summed E-state index contributed by atoms with van der Waals surface area (Å²) in [5, 5.41) is 26.3. The van der Waals surface area contributed by atoms with Crippen LogP contribution < -0.4 is 0 Å². The van der Waals surface area contributed by atoms with E-state index in [9.17, 15) is 5.11 Å². The normalized spacial score (nSPS) is 20.9. The molecule has 1 unspecified atom stereocenters. The van der Waals surface area contributed by atoms with Crippen LogP contribution in [0.4, 0.5) is 0 Å². The Labute approximate surface area is 82.4 Å². The van der Waals surface area contributed by atoms with E-state index in [0.29, 0.717) is 12.2 Å². The molecule has 2 heterocycles. The van der Waals surface area contributed by atoms with E-state index in [1.807, 2.05) is 4.57 Å². The highest BCUT2D eigenvalue weighted by molar-refractivity contribution is 5.01. The second-order valence-corrected chi connectivity index (χ2v) is 3.61. The minimum absolute atomic E-state index is 0.171. The Bertz CT molecular complexity index is 311. The molecule has 1 aliphatic heterocycles. The van der Waals surface area contributed by atoms with E-state index >= 15 is 0 Å². The van der Waals surface area contributed by atoms with Crippen LogP contribution >= 0.6 is 0 Å². The van der Waals surface area contributed by atoms with Gasteiger partial charge in [0.15, 0.2) is 5.82 Å². The van der Waals surface area contributed by atoms with Crippen LogP contribution in [0.25, 0.3) is 0 Å². The van der Waals surface area contributed by atoms with E-state index in [1.165, 1.54) is 0 Å². The molecule has 0 spiro atoms. The fourth-order valence-corrected chi connectivity index (χ4v) is 1.83. The lowest BCUT2D eigenvalue weighted by Gasteiger charge is -2.19. The van der Waals surface area contributed by atoms with E-state index in [0.717, 1.165) is 31.6 Å². The molecule has 5 heteroatoms. The van der Waals surface area contributed by atoms with Crippen molar-refractivity contribution in [2.75, 3.05) is 6.61 Å². The van der Waals surface area contributed by atoms with E-state index < -0.39 is 6.10 Å². The summed E-state index contributed by atoms with van der Waals surface area (Å²) in [4.78, 5) is 0. The summed E-state index contributed by atoms with van der Waals surface area (Å²) in [7, 11) is 0. The van der Waals surface area contributed by atoms with Gasteiger partial charge >= 0.3 is 0 Å². The van der Waals surface area contributed by atoms with E-state index in [-0.39, 0.29) is 6.61 Å². The molecule has 0 amide bonds. The molecule has 14 heavy (non-hydrogen) atoms. The number of aromatic nitrogens is 3. The third-order valence-corrected chi connectivity index (χ3v) is 2.57. The largest absolute Gasteiger partial charge is 0.396 e. The predicted molar refractivity (Wildman–Crippen MR) is 49.6 cm³/mol. The highest BCUT2D eigenvalue weighted by atomic mass is 16.3. The fourth-order valence-electron chi connectivity index (χ4n) is 1.83. The molecule has 0 fully saturated rings. The molecule has 2 rings (SSSR count). The van der Waals surface area contributed by atoms with Crippen LogP contribution in [0.5, 0.6) is 0 Å². The summed E-state index contributed by atoms with van der Waals surface area (Å²) < 4.78 is 1.98. The third-order valence-electron chi connectivity index (χ3n) is 2.57. The third kappa shape index (κ3) is 1.65. The Balaban J connectivity index is 2.18. The van der Waals surface area contributed by atoms with Gasteiger partial charge in [0.1, 0.15) is 11.9 Å². The van der Waals surface area contributed by atoms with Crippen LogP contribution in [-0.4, -0.2) is 31.6 Å². The van der Waals surface area contributed by atoms with Crippen LogP contribution in [0, 0.1) is 0 Å². The lowest BCUT2D eigenvalue weighted by atomic mass is 10.1. The van der Waals surface area contributed by atoms with Crippen molar-refractivity contribution in [1.29, 1.82) is 0 Å². The number of aliphatic hydroxyl groups is 2. The van der Waals surface area contributed by atoms with Crippen molar-refractivity contribution in [1.82, 2.24) is 14.8 Å². The smallest absolute Gasteiger partial charge is 0.161 e. The van der Waals surface area contributed by atoms with Gasteiger partial charge in [-0.15, -0.1) is 10.2 Å². The van der Waals surface area contributed by atoms with Gasteiger partial charge in [-0.05, 0) is 19.3 Å². The van der Waals surface area contributed by atoms with Gasteiger partial charge in [-0.3, -0.25) is 0 Å². The number of rotatable bonds is 3. The second kappa shape index (κ2) is 4.06. The molecule has 0 aliphatic carbocycles. The molecular formula is C9H15N3O2. The maximum atomic E-state index is 9.63. The highest BCUT2D eigenvalue weighted by Crippen LogP contribution is 2.23. The Hall–Kier alpha value is -0.940. The average molecular weight is 197 g/mol.